The van der Waals surface area contributed by atoms with E-state index in [1.807, 2.05) is 20.8 Å². The zero-order valence-electron chi connectivity index (χ0n) is 8.46. The molecule has 1 unspecified atom stereocenters. The van der Waals surface area contributed by atoms with Crippen LogP contribution >= 0.6 is 0 Å². The maximum atomic E-state index is 10.9. The Morgan fingerprint density at radius 1 is 1.50 bits per heavy atom. The fourth-order valence-corrected chi connectivity index (χ4v) is 1.32. The molecule has 0 N–H and O–H groups in total. The van der Waals surface area contributed by atoms with Gasteiger partial charge in [-0.05, 0) is 19.8 Å². The van der Waals surface area contributed by atoms with Gasteiger partial charge in [0.2, 0.25) is 0 Å². The molecule has 1 amide bonds. The van der Waals surface area contributed by atoms with Gasteiger partial charge in [-0.15, -0.1) is 0 Å². The number of rotatable bonds is 0. The lowest BCUT2D eigenvalue weighted by molar-refractivity contribution is 0.121. The monoisotopic (exact) mass is 173 g/mol. The van der Waals surface area contributed by atoms with Crippen LogP contribution < -0.4 is 0 Å². The van der Waals surface area contributed by atoms with Crippen LogP contribution in [0.15, 0.2) is 0 Å². The Hall–Kier alpha value is -0.730. The first kappa shape index (κ1) is 11.3. The molecule has 0 aromatic heterocycles. The van der Waals surface area contributed by atoms with Gasteiger partial charge < -0.3 is 9.64 Å². The van der Waals surface area contributed by atoms with Crippen molar-refractivity contribution in [2.45, 2.75) is 39.7 Å². The quantitative estimate of drug-likeness (QED) is 0.562. The van der Waals surface area contributed by atoms with Crippen molar-refractivity contribution in [2.75, 3.05) is 13.7 Å². The number of ether oxygens (including phenoxy) is 1. The van der Waals surface area contributed by atoms with Crippen LogP contribution in [-0.4, -0.2) is 30.7 Å². The number of likely N-dealkylation sites (tertiary alicyclic amines) is 1. The molecule has 1 heterocycles. The van der Waals surface area contributed by atoms with Crippen molar-refractivity contribution in [3.8, 4) is 0 Å². The number of methoxy groups -OCH3 is 1. The number of amides is 1. The fraction of sp³-hybridized carbons (Fsp3) is 0.889. The molecule has 1 saturated heterocycles. The standard InChI is InChI=1S/C7H13NO2.C2H6/c1-6-4-3-5-8(6)7(9)10-2;1-2/h6H,3-5H2,1-2H3;1-2H3. The molecule has 3 heteroatoms. The molecule has 1 aliphatic heterocycles. The Kier molecular flexibility index (Phi) is 5.51. The minimum Gasteiger partial charge on any atom is -0.453 e. The fourth-order valence-electron chi connectivity index (χ4n) is 1.32. The van der Waals surface area contributed by atoms with E-state index in [0.717, 1.165) is 19.4 Å². The van der Waals surface area contributed by atoms with Crippen molar-refractivity contribution in [3.63, 3.8) is 0 Å². The maximum Gasteiger partial charge on any atom is 0.409 e. The normalized spacial score (nSPS) is 21.3. The van der Waals surface area contributed by atoms with Gasteiger partial charge in [0, 0.05) is 12.6 Å². The van der Waals surface area contributed by atoms with Gasteiger partial charge in [0.15, 0.2) is 0 Å². The summed E-state index contributed by atoms with van der Waals surface area (Å²) in [5.41, 5.74) is 0. The number of carbonyl (C=O) groups is 1. The summed E-state index contributed by atoms with van der Waals surface area (Å²) in [6.07, 6.45) is 2.02. The summed E-state index contributed by atoms with van der Waals surface area (Å²) in [5, 5.41) is 0. The van der Waals surface area contributed by atoms with Gasteiger partial charge in [0.05, 0.1) is 7.11 Å². The first-order chi connectivity index (χ1) is 5.75. The summed E-state index contributed by atoms with van der Waals surface area (Å²) in [5.74, 6) is 0. The lowest BCUT2D eigenvalue weighted by Crippen LogP contribution is -2.33. The number of hydrogen-bond acceptors (Lipinski definition) is 2. The van der Waals surface area contributed by atoms with E-state index in [1.165, 1.54) is 7.11 Å². The zero-order valence-corrected chi connectivity index (χ0v) is 8.46. The van der Waals surface area contributed by atoms with Crippen molar-refractivity contribution < 1.29 is 9.53 Å². The minimum atomic E-state index is -0.190. The van der Waals surface area contributed by atoms with Crippen molar-refractivity contribution in [1.82, 2.24) is 4.90 Å². The Morgan fingerprint density at radius 3 is 2.42 bits per heavy atom. The number of carbonyl (C=O) groups excluding carboxylic acids is 1. The molecule has 72 valence electrons. The summed E-state index contributed by atoms with van der Waals surface area (Å²) >= 11 is 0. The van der Waals surface area contributed by atoms with E-state index in [-0.39, 0.29) is 6.09 Å². The molecule has 0 spiro atoms. The molecule has 0 aromatic carbocycles. The van der Waals surface area contributed by atoms with Crippen molar-refractivity contribution in [3.05, 3.63) is 0 Å². The van der Waals surface area contributed by atoms with Crippen molar-refractivity contribution in [2.24, 2.45) is 0 Å². The van der Waals surface area contributed by atoms with Crippen LogP contribution in [0.4, 0.5) is 4.79 Å². The van der Waals surface area contributed by atoms with Crippen LogP contribution in [-0.2, 0) is 4.74 Å². The molecule has 1 atom stereocenters. The summed E-state index contributed by atoms with van der Waals surface area (Å²) in [4.78, 5) is 12.7. The molecule has 12 heavy (non-hydrogen) atoms. The second-order valence-corrected chi connectivity index (χ2v) is 2.65. The first-order valence-corrected chi connectivity index (χ1v) is 4.60. The van der Waals surface area contributed by atoms with Crippen LogP contribution in [0.25, 0.3) is 0 Å². The van der Waals surface area contributed by atoms with E-state index in [2.05, 4.69) is 4.74 Å². The largest absolute Gasteiger partial charge is 0.453 e. The van der Waals surface area contributed by atoms with Crippen LogP contribution in [0.2, 0.25) is 0 Å². The topological polar surface area (TPSA) is 29.5 Å². The Labute approximate surface area is 74.7 Å². The van der Waals surface area contributed by atoms with E-state index in [9.17, 15) is 4.79 Å². The van der Waals surface area contributed by atoms with Gasteiger partial charge >= 0.3 is 6.09 Å². The smallest absolute Gasteiger partial charge is 0.409 e. The molecule has 0 radical (unpaired) electrons. The molecule has 3 nitrogen and oxygen atoms in total. The van der Waals surface area contributed by atoms with E-state index in [1.54, 1.807) is 4.90 Å². The molecular formula is C9H19NO2. The molecule has 1 rings (SSSR count). The molecular weight excluding hydrogens is 154 g/mol. The molecule has 1 fully saturated rings. The first-order valence-electron chi connectivity index (χ1n) is 4.60. The SMILES string of the molecule is CC.COC(=O)N1CCCC1C. The summed E-state index contributed by atoms with van der Waals surface area (Å²) < 4.78 is 4.59. The zero-order chi connectivity index (χ0) is 9.56. The minimum absolute atomic E-state index is 0.190. The predicted octanol–water partition coefficient (Wildman–Crippen LogP) is 2.26. The number of nitrogens with zero attached hydrogens (tertiary/aromatic N) is 1. The van der Waals surface area contributed by atoms with Gasteiger partial charge in [0.1, 0.15) is 0 Å². The van der Waals surface area contributed by atoms with Crippen LogP contribution in [0.3, 0.4) is 0 Å². The summed E-state index contributed by atoms with van der Waals surface area (Å²) in [6.45, 7) is 6.90. The molecule has 0 saturated carbocycles. The van der Waals surface area contributed by atoms with Crippen molar-refractivity contribution >= 4 is 6.09 Å². The molecule has 0 bridgehead atoms. The lowest BCUT2D eigenvalue weighted by Gasteiger charge is -2.18. The van der Waals surface area contributed by atoms with Gasteiger partial charge in [-0.1, -0.05) is 13.8 Å². The molecule has 0 aromatic rings. The Balaban J connectivity index is 0.000000561. The van der Waals surface area contributed by atoms with Crippen molar-refractivity contribution in [1.29, 1.82) is 0 Å². The summed E-state index contributed by atoms with van der Waals surface area (Å²) in [6, 6.07) is 0.368. The highest BCUT2D eigenvalue weighted by Gasteiger charge is 2.25. The van der Waals surface area contributed by atoms with Crippen LogP contribution in [0, 0.1) is 0 Å². The molecule has 0 aliphatic carbocycles. The van der Waals surface area contributed by atoms with Gasteiger partial charge in [-0.3, -0.25) is 0 Å². The average Bonchev–Trinajstić information content (AvgIpc) is 2.54. The highest BCUT2D eigenvalue weighted by molar-refractivity contribution is 5.68. The highest BCUT2D eigenvalue weighted by atomic mass is 16.5. The van der Waals surface area contributed by atoms with Gasteiger partial charge in [-0.2, -0.15) is 0 Å². The third-order valence-electron chi connectivity index (χ3n) is 1.96. The predicted molar refractivity (Wildman–Crippen MR) is 49.2 cm³/mol. The third-order valence-corrected chi connectivity index (χ3v) is 1.96. The summed E-state index contributed by atoms with van der Waals surface area (Å²) in [7, 11) is 1.42. The molecule has 1 aliphatic rings. The second-order valence-electron chi connectivity index (χ2n) is 2.65. The van der Waals surface area contributed by atoms with E-state index in [4.69, 9.17) is 0 Å². The van der Waals surface area contributed by atoms with E-state index in [0.29, 0.717) is 6.04 Å². The Morgan fingerprint density at radius 2 is 2.08 bits per heavy atom. The van der Waals surface area contributed by atoms with Crippen LogP contribution in [0.5, 0.6) is 0 Å². The van der Waals surface area contributed by atoms with Gasteiger partial charge in [-0.25, -0.2) is 4.79 Å². The Bertz CT molecular complexity index is 136. The van der Waals surface area contributed by atoms with Gasteiger partial charge in [0.25, 0.3) is 0 Å². The second kappa shape index (κ2) is 5.86. The average molecular weight is 173 g/mol. The van der Waals surface area contributed by atoms with E-state index < -0.39 is 0 Å². The number of hydrogen-bond donors (Lipinski definition) is 0. The maximum absolute atomic E-state index is 10.9. The third kappa shape index (κ3) is 2.72. The highest BCUT2D eigenvalue weighted by Crippen LogP contribution is 2.16. The van der Waals surface area contributed by atoms with E-state index >= 15 is 0 Å². The lowest BCUT2D eigenvalue weighted by atomic mass is 10.2. The van der Waals surface area contributed by atoms with Crippen LogP contribution in [0.1, 0.15) is 33.6 Å².